The molecule has 0 radical (unpaired) electrons. The molecule has 186 valence electrons. The molecule has 0 spiro atoms. The quantitative estimate of drug-likeness (QED) is 0.296. The van der Waals surface area contributed by atoms with Gasteiger partial charge >= 0.3 is 0 Å². The van der Waals surface area contributed by atoms with Crippen LogP contribution in [0.2, 0.25) is 5.02 Å². The highest BCUT2D eigenvalue weighted by Crippen LogP contribution is 2.39. The number of imide groups is 1. The Labute approximate surface area is 217 Å². The number of thioether (sulfide) groups is 1. The van der Waals surface area contributed by atoms with E-state index in [1.54, 1.807) is 36.4 Å². The second-order valence-electron chi connectivity index (χ2n) is 7.91. The predicted molar refractivity (Wildman–Crippen MR) is 138 cm³/mol. The molecule has 0 aromatic heterocycles. The average Bonchev–Trinajstić information content (AvgIpc) is 3.12. The lowest BCUT2D eigenvalue weighted by atomic mass is 10.1. The van der Waals surface area contributed by atoms with E-state index in [9.17, 15) is 14.0 Å². The van der Waals surface area contributed by atoms with Crippen molar-refractivity contribution in [2.24, 2.45) is 0 Å². The van der Waals surface area contributed by atoms with Gasteiger partial charge in [0.15, 0.2) is 11.5 Å². The summed E-state index contributed by atoms with van der Waals surface area (Å²) in [6.45, 7) is 2.25. The van der Waals surface area contributed by atoms with E-state index in [1.807, 2.05) is 31.2 Å². The Kier molecular flexibility index (Phi) is 8.18. The fourth-order valence-corrected chi connectivity index (χ4v) is 4.60. The van der Waals surface area contributed by atoms with Crippen molar-refractivity contribution in [1.82, 2.24) is 4.90 Å². The largest absolute Gasteiger partial charge is 0.493 e. The van der Waals surface area contributed by atoms with Gasteiger partial charge in [-0.05, 0) is 60.7 Å². The lowest BCUT2D eigenvalue weighted by molar-refractivity contribution is -0.123. The smallest absolute Gasteiger partial charge is 0.293 e. The van der Waals surface area contributed by atoms with E-state index >= 15 is 0 Å². The van der Waals surface area contributed by atoms with Gasteiger partial charge in [-0.2, -0.15) is 0 Å². The number of nitrogens with zero attached hydrogens (tertiary/aromatic N) is 1. The van der Waals surface area contributed by atoms with Crippen LogP contribution in [0.15, 0.2) is 65.6 Å². The number of benzene rings is 3. The Hall–Kier alpha value is -3.49. The molecule has 0 saturated carbocycles. The van der Waals surface area contributed by atoms with Crippen LogP contribution in [0.25, 0.3) is 6.08 Å². The van der Waals surface area contributed by atoms with Crippen molar-refractivity contribution < 1.29 is 28.2 Å². The Morgan fingerprint density at radius 2 is 1.81 bits per heavy atom. The third-order valence-corrected chi connectivity index (χ3v) is 6.55. The molecule has 0 atom stereocenters. The molecule has 1 aliphatic rings. The highest BCUT2D eigenvalue weighted by atomic mass is 35.5. The van der Waals surface area contributed by atoms with Gasteiger partial charge in [0.05, 0.1) is 23.6 Å². The maximum Gasteiger partial charge on any atom is 0.293 e. The second kappa shape index (κ2) is 11.5. The number of carbonyl (C=O) groups is 2. The zero-order chi connectivity index (χ0) is 25.7. The van der Waals surface area contributed by atoms with Crippen LogP contribution in [0.3, 0.4) is 0 Å². The van der Waals surface area contributed by atoms with Gasteiger partial charge in [-0.3, -0.25) is 14.5 Å². The molecule has 6 nitrogen and oxygen atoms in total. The SMILES string of the molecule is COc1cc(/C=C2\SC(=O)N(CCOc3ccc(C)cc3)C2=O)cc(Cl)c1OCc1ccccc1F. The molecule has 1 saturated heterocycles. The van der Waals surface area contributed by atoms with Crippen LogP contribution >= 0.6 is 23.4 Å². The minimum atomic E-state index is -0.410. The first-order chi connectivity index (χ1) is 17.4. The molecular formula is C27H23ClFNO5S. The highest BCUT2D eigenvalue weighted by molar-refractivity contribution is 8.18. The van der Waals surface area contributed by atoms with Gasteiger partial charge in [0.1, 0.15) is 24.8 Å². The van der Waals surface area contributed by atoms with Crippen LogP contribution in [0.4, 0.5) is 9.18 Å². The molecule has 9 heteroatoms. The van der Waals surface area contributed by atoms with E-state index in [0.717, 1.165) is 22.2 Å². The minimum Gasteiger partial charge on any atom is -0.493 e. The molecule has 4 rings (SSSR count). The predicted octanol–water partition coefficient (Wildman–Crippen LogP) is 6.49. The second-order valence-corrected chi connectivity index (χ2v) is 9.31. The van der Waals surface area contributed by atoms with Crippen molar-refractivity contribution >= 4 is 40.6 Å². The summed E-state index contributed by atoms with van der Waals surface area (Å²) in [5, 5.41) is -0.149. The molecule has 2 amide bonds. The first-order valence-electron chi connectivity index (χ1n) is 11.0. The van der Waals surface area contributed by atoms with E-state index in [0.29, 0.717) is 22.6 Å². The van der Waals surface area contributed by atoms with Gasteiger partial charge in [0, 0.05) is 5.56 Å². The molecule has 3 aromatic carbocycles. The normalized spacial score (nSPS) is 14.4. The number of hydrogen-bond donors (Lipinski definition) is 0. The third-order valence-electron chi connectivity index (χ3n) is 5.36. The lowest BCUT2D eigenvalue weighted by Crippen LogP contribution is -2.32. The summed E-state index contributed by atoms with van der Waals surface area (Å²) in [5.41, 5.74) is 2.04. The minimum absolute atomic E-state index is 0.0361. The summed E-state index contributed by atoms with van der Waals surface area (Å²) >= 11 is 7.27. The first-order valence-corrected chi connectivity index (χ1v) is 12.2. The van der Waals surface area contributed by atoms with E-state index in [2.05, 4.69) is 0 Å². The summed E-state index contributed by atoms with van der Waals surface area (Å²) in [7, 11) is 1.45. The van der Waals surface area contributed by atoms with Gasteiger partial charge in [-0.1, -0.05) is 47.5 Å². The Bertz CT molecular complexity index is 1310. The molecule has 3 aromatic rings. The molecule has 36 heavy (non-hydrogen) atoms. The molecular weight excluding hydrogens is 505 g/mol. The lowest BCUT2D eigenvalue weighted by Gasteiger charge is -2.14. The molecule has 1 fully saturated rings. The van der Waals surface area contributed by atoms with Crippen molar-refractivity contribution in [3.63, 3.8) is 0 Å². The van der Waals surface area contributed by atoms with Crippen LogP contribution in [0.5, 0.6) is 17.2 Å². The van der Waals surface area contributed by atoms with Crippen LogP contribution in [0.1, 0.15) is 16.7 Å². The van der Waals surface area contributed by atoms with E-state index in [4.69, 9.17) is 25.8 Å². The van der Waals surface area contributed by atoms with E-state index in [-0.39, 0.29) is 46.5 Å². The van der Waals surface area contributed by atoms with E-state index < -0.39 is 5.91 Å². The third kappa shape index (κ3) is 6.01. The van der Waals surface area contributed by atoms with Crippen LogP contribution in [-0.2, 0) is 11.4 Å². The first kappa shape index (κ1) is 25.6. The molecule has 1 aliphatic heterocycles. The van der Waals surface area contributed by atoms with Crippen LogP contribution < -0.4 is 14.2 Å². The van der Waals surface area contributed by atoms with Crippen molar-refractivity contribution in [1.29, 1.82) is 0 Å². The molecule has 0 bridgehead atoms. The molecule has 0 aliphatic carbocycles. The summed E-state index contributed by atoms with van der Waals surface area (Å²) in [4.78, 5) is 26.7. The van der Waals surface area contributed by atoms with E-state index in [1.165, 1.54) is 13.2 Å². The summed E-state index contributed by atoms with van der Waals surface area (Å²) in [6, 6.07) is 17.0. The Balaban J connectivity index is 1.44. The number of amides is 2. The summed E-state index contributed by atoms with van der Waals surface area (Å²) < 4.78 is 30.7. The molecule has 0 unspecified atom stereocenters. The fraction of sp³-hybridized carbons (Fsp3) is 0.185. The van der Waals surface area contributed by atoms with Gasteiger partial charge < -0.3 is 14.2 Å². The van der Waals surface area contributed by atoms with Gasteiger partial charge in [-0.25, -0.2) is 4.39 Å². The standard InChI is InChI=1S/C27H23ClFNO5S/c1-17-7-9-20(10-8-17)34-12-11-30-26(31)24(36-27(30)32)15-18-13-21(28)25(23(14-18)33-2)35-16-19-5-3-4-6-22(19)29/h3-10,13-15H,11-12,16H2,1-2H3/b24-15-. The zero-order valence-corrected chi connectivity index (χ0v) is 21.2. The van der Waals surface area contributed by atoms with Crippen LogP contribution in [-0.4, -0.2) is 36.3 Å². The van der Waals surface area contributed by atoms with Crippen molar-refractivity contribution in [3.8, 4) is 17.2 Å². The topological polar surface area (TPSA) is 65.1 Å². The summed E-state index contributed by atoms with van der Waals surface area (Å²) in [6.07, 6.45) is 1.57. The average molecular weight is 528 g/mol. The van der Waals surface area contributed by atoms with Gasteiger partial charge in [-0.15, -0.1) is 0 Å². The fourth-order valence-electron chi connectivity index (χ4n) is 3.46. The van der Waals surface area contributed by atoms with Gasteiger partial charge in [0.25, 0.3) is 11.1 Å². The molecule has 0 N–H and O–H groups in total. The van der Waals surface area contributed by atoms with Crippen molar-refractivity contribution in [2.75, 3.05) is 20.3 Å². The molecule has 1 heterocycles. The Morgan fingerprint density at radius 3 is 2.53 bits per heavy atom. The number of aryl methyl sites for hydroxylation is 1. The number of methoxy groups -OCH3 is 1. The van der Waals surface area contributed by atoms with Gasteiger partial charge in [0.2, 0.25) is 0 Å². The number of ether oxygens (including phenoxy) is 3. The Morgan fingerprint density at radius 1 is 1.06 bits per heavy atom. The van der Waals surface area contributed by atoms with Crippen LogP contribution in [0, 0.1) is 12.7 Å². The highest BCUT2D eigenvalue weighted by Gasteiger charge is 2.35. The number of hydrogen-bond acceptors (Lipinski definition) is 6. The summed E-state index contributed by atoms with van der Waals surface area (Å²) in [5.74, 6) is 0.440. The van der Waals surface area contributed by atoms with Crippen molar-refractivity contribution in [2.45, 2.75) is 13.5 Å². The van der Waals surface area contributed by atoms with Crippen molar-refractivity contribution in [3.05, 3.63) is 93.1 Å². The number of halogens is 2. The maximum absolute atomic E-state index is 13.9. The monoisotopic (exact) mass is 527 g/mol. The maximum atomic E-state index is 13.9. The number of rotatable bonds is 9. The zero-order valence-electron chi connectivity index (χ0n) is 19.6. The number of carbonyl (C=O) groups excluding carboxylic acids is 2.